The molecule has 4 heterocycles. The second-order valence-corrected chi connectivity index (χ2v) is 9.54. The van der Waals surface area contributed by atoms with Crippen LogP contribution in [0.4, 0.5) is 15.0 Å². The number of para-hydroxylation sites is 1. The lowest BCUT2D eigenvalue weighted by Gasteiger charge is -2.37. The number of rotatable bonds is 4. The molecule has 2 N–H and O–H groups in total. The van der Waals surface area contributed by atoms with Crippen LogP contribution in [0.5, 0.6) is 11.6 Å². The molecule has 1 aromatic carbocycles. The fraction of sp³-hybridized carbons (Fsp3) is 0.333. The zero-order valence-electron chi connectivity index (χ0n) is 20.9. The summed E-state index contributed by atoms with van der Waals surface area (Å²) in [6.07, 6.45) is 1.75. The number of benzene rings is 1. The highest BCUT2D eigenvalue weighted by Crippen LogP contribution is 2.52. The lowest BCUT2D eigenvalue weighted by atomic mass is 9.69. The number of pyridine rings is 2. The molecule has 2 aliphatic heterocycles. The summed E-state index contributed by atoms with van der Waals surface area (Å²) in [7, 11) is 1.43. The fourth-order valence-electron chi connectivity index (χ4n) is 4.79. The Bertz CT molecular complexity index is 1340. The van der Waals surface area contributed by atoms with Crippen molar-refractivity contribution in [1.29, 1.82) is 0 Å². The van der Waals surface area contributed by atoms with Gasteiger partial charge in [-0.05, 0) is 24.3 Å². The Morgan fingerprint density at radius 3 is 2.57 bits per heavy atom. The van der Waals surface area contributed by atoms with E-state index in [2.05, 4.69) is 20.5 Å². The first-order valence-electron chi connectivity index (χ1n) is 12.1. The van der Waals surface area contributed by atoms with Gasteiger partial charge in [0.05, 0.1) is 24.3 Å². The van der Waals surface area contributed by atoms with E-state index in [1.54, 1.807) is 32.2 Å². The lowest BCUT2D eigenvalue weighted by molar-refractivity contribution is -0.128. The fourth-order valence-corrected chi connectivity index (χ4v) is 4.79. The Morgan fingerprint density at radius 1 is 1.08 bits per heavy atom. The molecule has 1 atom stereocenters. The zero-order chi connectivity index (χ0) is 26.2. The molecule has 2 aromatic heterocycles. The van der Waals surface area contributed by atoms with Gasteiger partial charge in [-0.3, -0.25) is 10.1 Å². The van der Waals surface area contributed by atoms with Crippen LogP contribution >= 0.6 is 0 Å². The molecule has 1 unspecified atom stereocenters. The second-order valence-electron chi connectivity index (χ2n) is 9.54. The maximum Gasteiger partial charge on any atom is 0.321 e. The SMILES string of the molecule is CNC(=O)NC(=O)C(C)(C)C1c2ccc(-c3ccc(N4CCOCC4)nc3)nc2Oc2c(F)cccc21. The number of fused-ring (bicyclic) bond motifs is 2. The number of imide groups is 1. The van der Waals surface area contributed by atoms with Gasteiger partial charge in [0.15, 0.2) is 11.6 Å². The summed E-state index contributed by atoms with van der Waals surface area (Å²) in [6, 6.07) is 11.5. The topological polar surface area (TPSA) is 106 Å². The van der Waals surface area contributed by atoms with Crippen molar-refractivity contribution in [1.82, 2.24) is 20.6 Å². The maximum atomic E-state index is 14.9. The number of amides is 3. The van der Waals surface area contributed by atoms with E-state index in [9.17, 15) is 14.0 Å². The van der Waals surface area contributed by atoms with Gasteiger partial charge in [-0.1, -0.05) is 32.0 Å². The minimum atomic E-state index is -1.14. The normalized spacial score (nSPS) is 16.8. The molecule has 1 fully saturated rings. The molecule has 10 heteroatoms. The summed E-state index contributed by atoms with van der Waals surface area (Å²) in [4.78, 5) is 36.5. The summed E-state index contributed by atoms with van der Waals surface area (Å²) >= 11 is 0. The Hall–Kier alpha value is -4.05. The predicted molar refractivity (Wildman–Crippen MR) is 135 cm³/mol. The van der Waals surface area contributed by atoms with Crippen molar-refractivity contribution >= 4 is 17.8 Å². The minimum Gasteiger partial charge on any atom is -0.435 e. The third-order valence-corrected chi connectivity index (χ3v) is 6.85. The monoisotopic (exact) mass is 505 g/mol. The van der Waals surface area contributed by atoms with E-state index in [0.29, 0.717) is 30.0 Å². The Balaban J connectivity index is 1.52. The Morgan fingerprint density at radius 2 is 1.86 bits per heavy atom. The van der Waals surface area contributed by atoms with Crippen LogP contribution in [0.3, 0.4) is 0 Å². The third kappa shape index (κ3) is 4.60. The maximum absolute atomic E-state index is 14.9. The number of nitrogens with one attached hydrogen (secondary N) is 2. The van der Waals surface area contributed by atoms with E-state index >= 15 is 0 Å². The molecule has 9 nitrogen and oxygen atoms in total. The molecule has 0 aliphatic carbocycles. The first-order valence-corrected chi connectivity index (χ1v) is 12.1. The largest absolute Gasteiger partial charge is 0.435 e. The number of hydrogen-bond donors (Lipinski definition) is 2. The van der Waals surface area contributed by atoms with E-state index in [1.807, 2.05) is 24.3 Å². The Labute approximate surface area is 214 Å². The Kier molecular flexibility index (Phi) is 6.51. The van der Waals surface area contributed by atoms with Crippen LogP contribution in [0.1, 0.15) is 30.9 Å². The molecular weight excluding hydrogens is 477 g/mol. The predicted octanol–water partition coefficient (Wildman–Crippen LogP) is 3.84. The number of morpholine rings is 1. The van der Waals surface area contributed by atoms with Crippen LogP contribution in [-0.2, 0) is 9.53 Å². The first kappa shape index (κ1) is 24.6. The number of ether oxygens (including phenoxy) is 2. The van der Waals surface area contributed by atoms with Crippen molar-refractivity contribution in [2.75, 3.05) is 38.3 Å². The average Bonchev–Trinajstić information content (AvgIpc) is 2.92. The highest BCUT2D eigenvalue weighted by Gasteiger charge is 2.45. The van der Waals surface area contributed by atoms with Gasteiger partial charge >= 0.3 is 6.03 Å². The highest BCUT2D eigenvalue weighted by atomic mass is 19.1. The molecular formula is C27H28FN5O4. The molecule has 3 aromatic rings. The van der Waals surface area contributed by atoms with Gasteiger partial charge in [-0.25, -0.2) is 19.2 Å². The van der Waals surface area contributed by atoms with Gasteiger partial charge in [0, 0.05) is 48.9 Å². The van der Waals surface area contributed by atoms with Crippen LogP contribution in [0, 0.1) is 11.2 Å². The molecule has 0 radical (unpaired) electrons. The number of carbonyl (C=O) groups excluding carboxylic acids is 2. The van der Waals surface area contributed by atoms with Gasteiger partial charge in [-0.15, -0.1) is 0 Å². The van der Waals surface area contributed by atoms with Crippen LogP contribution in [0.25, 0.3) is 11.3 Å². The van der Waals surface area contributed by atoms with Gasteiger partial charge in [-0.2, -0.15) is 0 Å². The van der Waals surface area contributed by atoms with E-state index in [1.165, 1.54) is 13.1 Å². The average molecular weight is 506 g/mol. The summed E-state index contributed by atoms with van der Waals surface area (Å²) in [5.41, 5.74) is 1.37. The van der Waals surface area contributed by atoms with Crippen molar-refractivity contribution in [3.8, 4) is 22.9 Å². The van der Waals surface area contributed by atoms with Crippen LogP contribution < -0.4 is 20.3 Å². The zero-order valence-corrected chi connectivity index (χ0v) is 20.9. The molecule has 37 heavy (non-hydrogen) atoms. The van der Waals surface area contributed by atoms with Crippen molar-refractivity contribution in [3.63, 3.8) is 0 Å². The van der Waals surface area contributed by atoms with Crippen LogP contribution in [0.15, 0.2) is 48.7 Å². The highest BCUT2D eigenvalue weighted by molar-refractivity contribution is 5.97. The van der Waals surface area contributed by atoms with E-state index < -0.39 is 29.1 Å². The van der Waals surface area contributed by atoms with Crippen LogP contribution in [-0.4, -0.2) is 55.3 Å². The van der Waals surface area contributed by atoms with Crippen molar-refractivity contribution in [2.45, 2.75) is 19.8 Å². The standard InChI is InChI=1S/C27H28FN5O4/c1-27(2,25(34)32-26(35)29-3)22-17-5-4-6-19(28)23(17)37-24-18(22)8-9-20(31-24)16-7-10-21(30-15-16)33-11-13-36-14-12-33/h4-10,15,22H,11-14H2,1-3H3,(H2,29,32,34,35). The molecule has 3 amide bonds. The quantitative estimate of drug-likeness (QED) is 0.555. The minimum absolute atomic E-state index is 0.0197. The number of carbonyl (C=O) groups is 2. The molecule has 1 saturated heterocycles. The smallest absolute Gasteiger partial charge is 0.321 e. The number of nitrogens with zero attached hydrogens (tertiary/aromatic N) is 3. The van der Waals surface area contributed by atoms with E-state index in [4.69, 9.17) is 14.5 Å². The number of aromatic nitrogens is 2. The number of anilines is 1. The summed E-state index contributed by atoms with van der Waals surface area (Å²) < 4.78 is 26.3. The molecule has 2 aliphatic rings. The van der Waals surface area contributed by atoms with Gasteiger partial charge < -0.3 is 19.7 Å². The number of hydrogen-bond acceptors (Lipinski definition) is 7. The molecule has 5 rings (SSSR count). The van der Waals surface area contributed by atoms with E-state index in [-0.39, 0.29) is 11.6 Å². The first-order chi connectivity index (χ1) is 17.8. The summed E-state index contributed by atoms with van der Waals surface area (Å²) in [6.45, 7) is 6.33. The second kappa shape index (κ2) is 9.78. The van der Waals surface area contributed by atoms with Crippen molar-refractivity contribution in [2.24, 2.45) is 5.41 Å². The van der Waals surface area contributed by atoms with Gasteiger partial charge in [0.25, 0.3) is 0 Å². The number of halogens is 1. The van der Waals surface area contributed by atoms with Crippen molar-refractivity contribution < 1.29 is 23.5 Å². The molecule has 192 valence electrons. The molecule has 0 bridgehead atoms. The van der Waals surface area contributed by atoms with Crippen molar-refractivity contribution in [3.05, 3.63) is 65.6 Å². The summed E-state index contributed by atoms with van der Waals surface area (Å²) in [5.74, 6) is -0.591. The molecule has 0 saturated carbocycles. The summed E-state index contributed by atoms with van der Waals surface area (Å²) in [5, 5.41) is 4.73. The lowest BCUT2D eigenvalue weighted by Crippen LogP contribution is -2.47. The van der Waals surface area contributed by atoms with Crippen LogP contribution in [0.2, 0.25) is 0 Å². The van der Waals surface area contributed by atoms with E-state index in [0.717, 1.165) is 24.5 Å². The third-order valence-electron chi connectivity index (χ3n) is 6.85. The van der Waals surface area contributed by atoms with Gasteiger partial charge in [0.1, 0.15) is 5.82 Å². The molecule has 0 spiro atoms. The number of urea groups is 1. The van der Waals surface area contributed by atoms with Gasteiger partial charge in [0.2, 0.25) is 11.8 Å².